The quantitative estimate of drug-likeness (QED) is 0.420. The standard InChI is InChI=1S/C24H20BrF3N2O2/c25-20-8-4-7-18(15-20)23(32)30(16-17-5-2-1-3-6-17)14-13-22(31)29-21-11-9-19(10-12-21)24(26,27)28/h1-12,15H,13-14,16H2,(H,29,31). The van der Waals surface area contributed by atoms with Gasteiger partial charge in [0.15, 0.2) is 0 Å². The van der Waals surface area contributed by atoms with Gasteiger partial charge >= 0.3 is 6.18 Å². The van der Waals surface area contributed by atoms with Crippen molar-refractivity contribution < 1.29 is 22.8 Å². The van der Waals surface area contributed by atoms with Gasteiger partial charge in [-0.05, 0) is 48.0 Å². The minimum atomic E-state index is -4.44. The summed E-state index contributed by atoms with van der Waals surface area (Å²) in [5, 5.41) is 2.58. The second kappa shape index (κ2) is 10.5. The molecular weight excluding hydrogens is 485 g/mol. The number of hydrogen-bond acceptors (Lipinski definition) is 2. The molecule has 2 amide bonds. The summed E-state index contributed by atoms with van der Waals surface area (Å²) in [6.45, 7) is 0.465. The second-order valence-electron chi connectivity index (χ2n) is 7.10. The number of benzene rings is 3. The molecular formula is C24H20BrF3N2O2. The van der Waals surface area contributed by atoms with E-state index in [0.717, 1.165) is 22.2 Å². The predicted octanol–water partition coefficient (Wildman–Crippen LogP) is 6.14. The average Bonchev–Trinajstić information content (AvgIpc) is 2.76. The average molecular weight is 505 g/mol. The molecule has 0 atom stereocenters. The van der Waals surface area contributed by atoms with Crippen molar-refractivity contribution in [2.24, 2.45) is 0 Å². The van der Waals surface area contributed by atoms with E-state index in [0.29, 0.717) is 12.1 Å². The first-order valence-electron chi connectivity index (χ1n) is 9.78. The Morgan fingerprint density at radius 3 is 2.22 bits per heavy atom. The Morgan fingerprint density at radius 2 is 1.59 bits per heavy atom. The van der Waals surface area contributed by atoms with Crippen LogP contribution >= 0.6 is 15.9 Å². The molecule has 0 bridgehead atoms. The topological polar surface area (TPSA) is 49.4 Å². The van der Waals surface area contributed by atoms with Crippen molar-refractivity contribution in [1.29, 1.82) is 0 Å². The van der Waals surface area contributed by atoms with Gasteiger partial charge in [0, 0.05) is 35.2 Å². The fraction of sp³-hybridized carbons (Fsp3) is 0.167. The van der Waals surface area contributed by atoms with Crippen molar-refractivity contribution in [3.05, 3.63) is 100 Å². The van der Waals surface area contributed by atoms with Crippen LogP contribution in [0.2, 0.25) is 0 Å². The van der Waals surface area contributed by atoms with E-state index >= 15 is 0 Å². The Bertz CT molecular complexity index is 1070. The summed E-state index contributed by atoms with van der Waals surface area (Å²) < 4.78 is 38.8. The van der Waals surface area contributed by atoms with Crippen LogP contribution in [0.3, 0.4) is 0 Å². The molecule has 166 valence electrons. The zero-order valence-corrected chi connectivity index (χ0v) is 18.5. The van der Waals surface area contributed by atoms with Gasteiger partial charge in [-0.2, -0.15) is 13.2 Å². The van der Waals surface area contributed by atoms with Gasteiger partial charge in [0.2, 0.25) is 5.91 Å². The second-order valence-corrected chi connectivity index (χ2v) is 8.01. The maximum atomic E-state index is 13.1. The van der Waals surface area contributed by atoms with Crippen LogP contribution in [0.15, 0.2) is 83.3 Å². The fourth-order valence-corrected chi connectivity index (χ4v) is 3.46. The molecule has 3 aromatic rings. The number of nitrogens with one attached hydrogen (secondary N) is 1. The first-order chi connectivity index (χ1) is 15.2. The van der Waals surface area contributed by atoms with Gasteiger partial charge in [0.05, 0.1) is 5.56 Å². The zero-order valence-electron chi connectivity index (χ0n) is 16.9. The van der Waals surface area contributed by atoms with Crippen molar-refractivity contribution in [2.45, 2.75) is 19.1 Å². The molecule has 0 aliphatic rings. The molecule has 4 nitrogen and oxygen atoms in total. The minimum absolute atomic E-state index is 0.00635. The molecule has 0 spiro atoms. The minimum Gasteiger partial charge on any atom is -0.334 e. The highest BCUT2D eigenvalue weighted by Crippen LogP contribution is 2.29. The normalized spacial score (nSPS) is 11.1. The monoisotopic (exact) mass is 504 g/mol. The summed E-state index contributed by atoms with van der Waals surface area (Å²) in [6, 6.07) is 20.6. The van der Waals surface area contributed by atoms with Crippen LogP contribution in [-0.2, 0) is 17.5 Å². The van der Waals surface area contributed by atoms with Crippen molar-refractivity contribution in [3.63, 3.8) is 0 Å². The molecule has 0 fully saturated rings. The Balaban J connectivity index is 1.67. The van der Waals surface area contributed by atoms with Crippen LogP contribution < -0.4 is 5.32 Å². The number of anilines is 1. The van der Waals surface area contributed by atoms with Crippen molar-refractivity contribution in [2.75, 3.05) is 11.9 Å². The predicted molar refractivity (Wildman–Crippen MR) is 120 cm³/mol. The summed E-state index contributed by atoms with van der Waals surface area (Å²) in [7, 11) is 0. The molecule has 0 saturated carbocycles. The number of alkyl halides is 3. The van der Waals surface area contributed by atoms with Crippen LogP contribution in [0.1, 0.15) is 27.9 Å². The lowest BCUT2D eigenvalue weighted by Crippen LogP contribution is -2.33. The first kappa shape index (κ1) is 23.5. The highest BCUT2D eigenvalue weighted by atomic mass is 79.9. The molecule has 0 heterocycles. The number of nitrogens with zero attached hydrogens (tertiary/aromatic N) is 1. The Morgan fingerprint density at radius 1 is 0.906 bits per heavy atom. The number of rotatable bonds is 7. The van der Waals surface area contributed by atoms with Gasteiger partial charge < -0.3 is 10.2 Å². The van der Waals surface area contributed by atoms with E-state index in [1.807, 2.05) is 36.4 Å². The molecule has 3 aromatic carbocycles. The lowest BCUT2D eigenvalue weighted by atomic mass is 10.1. The summed E-state index contributed by atoms with van der Waals surface area (Å²) in [5.41, 5.74) is 0.873. The van der Waals surface area contributed by atoms with E-state index in [9.17, 15) is 22.8 Å². The molecule has 0 aliphatic heterocycles. The lowest BCUT2D eigenvalue weighted by Gasteiger charge is -2.23. The molecule has 0 radical (unpaired) electrons. The Kier molecular flexibility index (Phi) is 7.69. The summed E-state index contributed by atoms with van der Waals surface area (Å²) >= 11 is 3.36. The largest absolute Gasteiger partial charge is 0.416 e. The third kappa shape index (κ3) is 6.68. The third-order valence-corrected chi connectivity index (χ3v) is 5.17. The van der Waals surface area contributed by atoms with E-state index in [1.165, 1.54) is 12.1 Å². The zero-order chi connectivity index (χ0) is 23.1. The van der Waals surface area contributed by atoms with E-state index < -0.39 is 17.6 Å². The van der Waals surface area contributed by atoms with Gasteiger partial charge in [0.1, 0.15) is 0 Å². The fourth-order valence-electron chi connectivity index (χ4n) is 3.06. The molecule has 1 N–H and O–H groups in total. The van der Waals surface area contributed by atoms with Crippen LogP contribution in [0.5, 0.6) is 0 Å². The van der Waals surface area contributed by atoms with Gasteiger partial charge in [0.25, 0.3) is 5.91 Å². The molecule has 0 aromatic heterocycles. The number of carbonyl (C=O) groups is 2. The summed E-state index contributed by atoms with van der Waals surface area (Å²) in [4.78, 5) is 27.0. The lowest BCUT2D eigenvalue weighted by molar-refractivity contribution is -0.137. The van der Waals surface area contributed by atoms with Crippen molar-refractivity contribution >= 4 is 33.4 Å². The SMILES string of the molecule is O=C(CCN(Cc1ccccc1)C(=O)c1cccc(Br)c1)Nc1ccc(C(F)(F)F)cc1. The molecule has 0 unspecified atom stereocenters. The smallest absolute Gasteiger partial charge is 0.334 e. The summed E-state index contributed by atoms with van der Waals surface area (Å²) in [5.74, 6) is -0.623. The number of halogens is 4. The van der Waals surface area contributed by atoms with Gasteiger partial charge in [-0.1, -0.05) is 52.3 Å². The van der Waals surface area contributed by atoms with E-state index in [2.05, 4.69) is 21.2 Å². The van der Waals surface area contributed by atoms with Crippen molar-refractivity contribution in [1.82, 2.24) is 4.90 Å². The van der Waals surface area contributed by atoms with E-state index in [1.54, 1.807) is 23.1 Å². The number of hydrogen-bond donors (Lipinski definition) is 1. The highest BCUT2D eigenvalue weighted by Gasteiger charge is 2.30. The first-order valence-corrected chi connectivity index (χ1v) is 10.6. The molecule has 32 heavy (non-hydrogen) atoms. The van der Waals surface area contributed by atoms with Gasteiger partial charge in [-0.15, -0.1) is 0 Å². The Hall–Kier alpha value is -3.13. The van der Waals surface area contributed by atoms with Crippen LogP contribution in [-0.4, -0.2) is 23.3 Å². The van der Waals surface area contributed by atoms with Crippen LogP contribution in [0, 0.1) is 0 Å². The van der Waals surface area contributed by atoms with Crippen LogP contribution in [0.4, 0.5) is 18.9 Å². The highest BCUT2D eigenvalue weighted by molar-refractivity contribution is 9.10. The Labute approximate surface area is 192 Å². The van der Waals surface area contributed by atoms with Crippen LogP contribution in [0.25, 0.3) is 0 Å². The van der Waals surface area contributed by atoms with E-state index in [4.69, 9.17) is 0 Å². The van der Waals surface area contributed by atoms with Gasteiger partial charge in [-0.25, -0.2) is 0 Å². The van der Waals surface area contributed by atoms with E-state index in [-0.39, 0.29) is 24.6 Å². The molecule has 0 saturated heterocycles. The maximum absolute atomic E-state index is 13.1. The summed E-state index contributed by atoms with van der Waals surface area (Å²) in [6.07, 6.45) is -4.44. The molecule has 3 rings (SSSR count). The van der Waals surface area contributed by atoms with Gasteiger partial charge in [-0.3, -0.25) is 9.59 Å². The number of amides is 2. The molecule has 8 heteroatoms. The maximum Gasteiger partial charge on any atom is 0.416 e. The third-order valence-electron chi connectivity index (χ3n) is 4.68. The molecule has 0 aliphatic carbocycles. The number of carbonyl (C=O) groups excluding carboxylic acids is 2. The van der Waals surface area contributed by atoms with Crippen molar-refractivity contribution in [3.8, 4) is 0 Å².